The van der Waals surface area contributed by atoms with Gasteiger partial charge in [-0.1, -0.05) is 30.3 Å². The molecular formula is C18H20O5S. The summed E-state index contributed by atoms with van der Waals surface area (Å²) in [5.74, 6) is 0.693. The van der Waals surface area contributed by atoms with Gasteiger partial charge in [0.1, 0.15) is 11.9 Å². The second-order valence-electron chi connectivity index (χ2n) is 5.77. The molecule has 0 saturated carbocycles. The molecule has 0 spiro atoms. The Bertz CT molecular complexity index is 771. The van der Waals surface area contributed by atoms with E-state index in [0.29, 0.717) is 5.75 Å². The third-order valence-corrected chi connectivity index (χ3v) is 6.46. The number of hydrogen-bond donors (Lipinski definition) is 1. The smallest absolute Gasteiger partial charge is 0.184 e. The topological polar surface area (TPSA) is 72.8 Å². The summed E-state index contributed by atoms with van der Waals surface area (Å²) >= 11 is 0. The standard InChI is InChI=1S/C18H20O5S/c1-22-14-9-7-13(8-10-14)18-17(11-15(12-19)23-18)24(20,21)16-5-3-2-4-6-16/h2-10,15,17-19H,11-12H2,1H3/t15-,17+,18-/m0/s1. The minimum Gasteiger partial charge on any atom is -0.497 e. The van der Waals surface area contributed by atoms with Crippen LogP contribution in [0.2, 0.25) is 0 Å². The number of aliphatic hydroxyl groups excluding tert-OH is 1. The highest BCUT2D eigenvalue weighted by atomic mass is 32.2. The number of benzene rings is 2. The van der Waals surface area contributed by atoms with Crippen molar-refractivity contribution in [3.63, 3.8) is 0 Å². The van der Waals surface area contributed by atoms with Gasteiger partial charge in [0.15, 0.2) is 9.84 Å². The van der Waals surface area contributed by atoms with Crippen LogP contribution in [0.15, 0.2) is 59.5 Å². The van der Waals surface area contributed by atoms with Gasteiger partial charge in [0.05, 0.1) is 30.0 Å². The molecule has 128 valence electrons. The van der Waals surface area contributed by atoms with E-state index in [2.05, 4.69) is 0 Å². The number of ether oxygens (including phenoxy) is 2. The van der Waals surface area contributed by atoms with Gasteiger partial charge in [-0.2, -0.15) is 0 Å². The maximum absolute atomic E-state index is 13.0. The normalized spacial score (nSPS) is 24.0. The number of sulfone groups is 1. The molecule has 3 atom stereocenters. The first kappa shape index (κ1) is 17.0. The van der Waals surface area contributed by atoms with Gasteiger partial charge in [0, 0.05) is 0 Å². The predicted octanol–water partition coefficient (Wildman–Crippen LogP) is 2.36. The summed E-state index contributed by atoms with van der Waals surface area (Å²) in [7, 11) is -1.99. The van der Waals surface area contributed by atoms with Gasteiger partial charge < -0.3 is 14.6 Å². The van der Waals surface area contributed by atoms with Gasteiger partial charge in [-0.15, -0.1) is 0 Å². The fourth-order valence-electron chi connectivity index (χ4n) is 3.01. The first-order chi connectivity index (χ1) is 11.6. The highest BCUT2D eigenvalue weighted by Gasteiger charge is 2.44. The second kappa shape index (κ2) is 6.93. The summed E-state index contributed by atoms with van der Waals surface area (Å²) in [6.07, 6.45) is -0.830. The van der Waals surface area contributed by atoms with Crippen molar-refractivity contribution in [2.45, 2.75) is 28.8 Å². The number of rotatable bonds is 5. The van der Waals surface area contributed by atoms with Crippen molar-refractivity contribution in [3.05, 3.63) is 60.2 Å². The molecule has 2 aromatic rings. The molecule has 24 heavy (non-hydrogen) atoms. The van der Waals surface area contributed by atoms with Crippen LogP contribution < -0.4 is 4.74 Å². The third-order valence-electron chi connectivity index (χ3n) is 4.29. The van der Waals surface area contributed by atoms with Crippen LogP contribution in [0, 0.1) is 0 Å². The Balaban J connectivity index is 1.97. The van der Waals surface area contributed by atoms with Crippen LogP contribution in [0.5, 0.6) is 5.75 Å². The summed E-state index contributed by atoms with van der Waals surface area (Å²) < 4.78 is 37.0. The Morgan fingerprint density at radius 1 is 1.12 bits per heavy atom. The first-order valence-electron chi connectivity index (χ1n) is 7.75. The third kappa shape index (κ3) is 3.17. The van der Waals surface area contributed by atoms with Crippen LogP contribution in [-0.2, 0) is 14.6 Å². The second-order valence-corrected chi connectivity index (χ2v) is 7.93. The molecule has 0 bridgehead atoms. The van der Waals surface area contributed by atoms with E-state index in [1.54, 1.807) is 61.7 Å². The van der Waals surface area contributed by atoms with E-state index in [1.807, 2.05) is 0 Å². The fourth-order valence-corrected chi connectivity index (χ4v) is 4.91. The van der Waals surface area contributed by atoms with Crippen molar-refractivity contribution >= 4 is 9.84 Å². The van der Waals surface area contributed by atoms with Crippen LogP contribution in [-0.4, -0.2) is 38.6 Å². The highest BCUT2D eigenvalue weighted by Crippen LogP contribution is 2.40. The van der Waals surface area contributed by atoms with E-state index in [1.165, 1.54) is 0 Å². The van der Waals surface area contributed by atoms with Crippen molar-refractivity contribution in [1.82, 2.24) is 0 Å². The molecule has 0 aromatic heterocycles. The SMILES string of the molecule is COc1ccc([C@@H]2O[C@H](CO)C[C@H]2S(=O)(=O)c2ccccc2)cc1. The number of methoxy groups -OCH3 is 1. The monoisotopic (exact) mass is 348 g/mol. The van der Waals surface area contributed by atoms with Gasteiger partial charge in [-0.05, 0) is 36.2 Å². The fraction of sp³-hybridized carbons (Fsp3) is 0.333. The molecule has 0 unspecified atom stereocenters. The molecule has 1 aliphatic heterocycles. The molecule has 1 N–H and O–H groups in total. The molecule has 3 rings (SSSR count). The Kier molecular flexibility index (Phi) is 4.89. The van der Waals surface area contributed by atoms with Gasteiger partial charge in [0.2, 0.25) is 0 Å². The van der Waals surface area contributed by atoms with Gasteiger partial charge in [-0.25, -0.2) is 8.42 Å². The minimum atomic E-state index is -3.56. The van der Waals surface area contributed by atoms with E-state index in [-0.39, 0.29) is 17.9 Å². The summed E-state index contributed by atoms with van der Waals surface area (Å²) in [5, 5.41) is 8.70. The lowest BCUT2D eigenvalue weighted by atomic mass is 10.1. The average molecular weight is 348 g/mol. The molecule has 0 radical (unpaired) electrons. The zero-order valence-corrected chi connectivity index (χ0v) is 14.1. The van der Waals surface area contributed by atoms with E-state index in [4.69, 9.17) is 9.47 Å². The van der Waals surface area contributed by atoms with E-state index >= 15 is 0 Å². The molecule has 1 heterocycles. The van der Waals surface area contributed by atoms with E-state index in [9.17, 15) is 13.5 Å². The van der Waals surface area contributed by atoms with Crippen LogP contribution in [0.3, 0.4) is 0 Å². The summed E-state index contributed by atoms with van der Waals surface area (Å²) in [4.78, 5) is 0.274. The largest absolute Gasteiger partial charge is 0.497 e. The maximum atomic E-state index is 13.0. The van der Waals surface area contributed by atoms with Gasteiger partial charge in [-0.3, -0.25) is 0 Å². The predicted molar refractivity (Wildman–Crippen MR) is 89.7 cm³/mol. The number of hydrogen-bond acceptors (Lipinski definition) is 5. The summed E-state index contributed by atoms with van der Waals surface area (Å²) in [6, 6.07) is 15.5. The maximum Gasteiger partial charge on any atom is 0.184 e. The quantitative estimate of drug-likeness (QED) is 0.898. The molecule has 6 heteroatoms. The Labute approximate surface area is 141 Å². The molecule has 1 aliphatic rings. The molecule has 1 fully saturated rings. The van der Waals surface area contributed by atoms with Crippen molar-refractivity contribution in [1.29, 1.82) is 0 Å². The lowest BCUT2D eigenvalue weighted by Crippen LogP contribution is -2.25. The lowest BCUT2D eigenvalue weighted by molar-refractivity contribution is 0.0114. The average Bonchev–Trinajstić information content (AvgIpc) is 3.08. The Morgan fingerprint density at radius 3 is 2.38 bits per heavy atom. The zero-order chi connectivity index (χ0) is 17.2. The molecule has 5 nitrogen and oxygen atoms in total. The molecule has 2 aromatic carbocycles. The number of aliphatic hydroxyl groups is 1. The van der Waals surface area contributed by atoms with Crippen molar-refractivity contribution in [2.24, 2.45) is 0 Å². The van der Waals surface area contributed by atoms with E-state index < -0.39 is 27.3 Å². The molecular weight excluding hydrogens is 328 g/mol. The van der Waals surface area contributed by atoms with Crippen LogP contribution in [0.25, 0.3) is 0 Å². The first-order valence-corrected chi connectivity index (χ1v) is 9.30. The van der Waals surface area contributed by atoms with E-state index in [0.717, 1.165) is 5.56 Å². The lowest BCUT2D eigenvalue weighted by Gasteiger charge is -2.19. The van der Waals surface area contributed by atoms with Crippen molar-refractivity contribution < 1.29 is 23.0 Å². The highest BCUT2D eigenvalue weighted by molar-refractivity contribution is 7.92. The van der Waals surface area contributed by atoms with Crippen LogP contribution in [0.4, 0.5) is 0 Å². The molecule has 1 saturated heterocycles. The minimum absolute atomic E-state index is 0.201. The summed E-state index contributed by atoms with van der Waals surface area (Å²) in [5.41, 5.74) is 0.760. The van der Waals surface area contributed by atoms with Crippen LogP contribution >= 0.6 is 0 Å². The molecule has 0 amide bonds. The molecule has 0 aliphatic carbocycles. The van der Waals surface area contributed by atoms with Crippen molar-refractivity contribution in [3.8, 4) is 5.75 Å². The van der Waals surface area contributed by atoms with Gasteiger partial charge in [0.25, 0.3) is 0 Å². The van der Waals surface area contributed by atoms with Gasteiger partial charge >= 0.3 is 0 Å². The zero-order valence-electron chi connectivity index (χ0n) is 13.3. The summed E-state index contributed by atoms with van der Waals surface area (Å²) in [6.45, 7) is -0.201. The van der Waals surface area contributed by atoms with Crippen LogP contribution in [0.1, 0.15) is 18.1 Å². The Morgan fingerprint density at radius 2 is 1.79 bits per heavy atom. The Hall–Kier alpha value is -1.89. The van der Waals surface area contributed by atoms with Crippen molar-refractivity contribution in [2.75, 3.05) is 13.7 Å².